The topological polar surface area (TPSA) is 80.2 Å². The number of oxazole rings is 1. The van der Waals surface area contributed by atoms with Gasteiger partial charge < -0.3 is 19.1 Å². The highest BCUT2D eigenvalue weighted by atomic mass is 16.4. The Bertz CT molecular complexity index is 800. The molecule has 7 nitrogen and oxygen atoms in total. The zero-order valence-electron chi connectivity index (χ0n) is 14.2. The predicted molar refractivity (Wildman–Crippen MR) is 93.0 cm³/mol. The maximum absolute atomic E-state index is 5.70. The first-order chi connectivity index (χ1) is 12.3. The summed E-state index contributed by atoms with van der Waals surface area (Å²) in [6.07, 6.45) is 5.65. The van der Waals surface area contributed by atoms with Crippen LogP contribution in [-0.2, 0) is 6.54 Å². The molecule has 0 radical (unpaired) electrons. The lowest BCUT2D eigenvalue weighted by Gasteiger charge is -2.25. The van der Waals surface area contributed by atoms with Crippen LogP contribution in [0.3, 0.4) is 0 Å². The van der Waals surface area contributed by atoms with Crippen LogP contribution in [0.15, 0.2) is 45.6 Å². The van der Waals surface area contributed by atoms with E-state index in [0.717, 1.165) is 36.8 Å². The molecule has 3 aromatic heterocycles. The molecule has 1 fully saturated rings. The minimum Gasteiger partial charge on any atom is -0.459 e. The second-order valence-corrected chi connectivity index (χ2v) is 6.20. The van der Waals surface area contributed by atoms with Gasteiger partial charge in [0.15, 0.2) is 11.6 Å². The molecule has 25 heavy (non-hydrogen) atoms. The molecule has 0 spiro atoms. The van der Waals surface area contributed by atoms with Crippen molar-refractivity contribution in [2.75, 3.05) is 18.0 Å². The molecular weight excluding hydrogens is 318 g/mol. The van der Waals surface area contributed by atoms with E-state index >= 15 is 0 Å². The quantitative estimate of drug-likeness (QED) is 0.739. The molecular formula is C18H21N5O2. The van der Waals surface area contributed by atoms with Crippen molar-refractivity contribution in [3.8, 4) is 11.7 Å². The Morgan fingerprint density at radius 2 is 2.28 bits per heavy atom. The Kier molecular flexibility index (Phi) is 4.47. The molecule has 1 unspecified atom stereocenters. The molecule has 1 aliphatic heterocycles. The van der Waals surface area contributed by atoms with Gasteiger partial charge in [0, 0.05) is 31.9 Å². The lowest BCUT2D eigenvalue weighted by atomic mass is 10.2. The number of hydrogen-bond acceptors (Lipinski definition) is 7. The normalized spacial score (nSPS) is 17.3. The molecule has 4 rings (SSSR count). The van der Waals surface area contributed by atoms with Crippen molar-refractivity contribution in [2.24, 2.45) is 0 Å². The summed E-state index contributed by atoms with van der Waals surface area (Å²) in [4.78, 5) is 6.86. The zero-order chi connectivity index (χ0) is 17.1. The van der Waals surface area contributed by atoms with Crippen molar-refractivity contribution in [3.05, 3.63) is 48.2 Å². The maximum atomic E-state index is 5.70. The van der Waals surface area contributed by atoms with E-state index in [0.29, 0.717) is 24.2 Å². The van der Waals surface area contributed by atoms with E-state index in [4.69, 9.17) is 8.83 Å². The molecule has 0 aromatic carbocycles. The van der Waals surface area contributed by atoms with E-state index in [1.54, 1.807) is 12.5 Å². The summed E-state index contributed by atoms with van der Waals surface area (Å²) in [7, 11) is 0. The summed E-state index contributed by atoms with van der Waals surface area (Å²) in [6, 6.07) is 8.05. The van der Waals surface area contributed by atoms with Gasteiger partial charge in [-0.3, -0.25) is 0 Å². The largest absolute Gasteiger partial charge is 0.459 e. The van der Waals surface area contributed by atoms with Gasteiger partial charge in [0.05, 0.1) is 12.0 Å². The number of anilines is 1. The van der Waals surface area contributed by atoms with Crippen LogP contribution >= 0.6 is 0 Å². The van der Waals surface area contributed by atoms with Crippen LogP contribution < -0.4 is 10.2 Å². The summed E-state index contributed by atoms with van der Waals surface area (Å²) in [5, 5.41) is 11.7. The first kappa shape index (κ1) is 15.8. The second kappa shape index (κ2) is 7.06. The van der Waals surface area contributed by atoms with Gasteiger partial charge in [-0.1, -0.05) is 0 Å². The molecule has 1 saturated heterocycles. The van der Waals surface area contributed by atoms with E-state index in [1.807, 2.05) is 31.2 Å². The van der Waals surface area contributed by atoms with Crippen molar-refractivity contribution < 1.29 is 8.83 Å². The molecule has 1 aliphatic rings. The van der Waals surface area contributed by atoms with Crippen LogP contribution in [0.1, 0.15) is 24.3 Å². The SMILES string of the molecule is Cc1oc(-c2ccco2)nc1CNCC1CCCN1c1cccnn1. The van der Waals surface area contributed by atoms with E-state index in [2.05, 4.69) is 25.4 Å². The van der Waals surface area contributed by atoms with Gasteiger partial charge in [-0.05, 0) is 44.0 Å². The monoisotopic (exact) mass is 339 g/mol. The van der Waals surface area contributed by atoms with Crippen molar-refractivity contribution in [2.45, 2.75) is 32.4 Å². The van der Waals surface area contributed by atoms with E-state index in [-0.39, 0.29) is 0 Å². The van der Waals surface area contributed by atoms with E-state index in [9.17, 15) is 0 Å². The van der Waals surface area contributed by atoms with Gasteiger partial charge in [0.25, 0.3) is 5.89 Å². The van der Waals surface area contributed by atoms with E-state index < -0.39 is 0 Å². The van der Waals surface area contributed by atoms with Gasteiger partial charge >= 0.3 is 0 Å². The van der Waals surface area contributed by atoms with Crippen molar-refractivity contribution >= 4 is 5.82 Å². The summed E-state index contributed by atoms with van der Waals surface area (Å²) in [5.41, 5.74) is 0.912. The fourth-order valence-corrected chi connectivity index (χ4v) is 3.25. The minimum atomic E-state index is 0.424. The lowest BCUT2D eigenvalue weighted by Crippen LogP contribution is -2.38. The Labute approximate surface area is 146 Å². The fraction of sp³-hybridized carbons (Fsp3) is 0.389. The Hall–Kier alpha value is -2.67. The number of nitrogens with zero attached hydrogens (tertiary/aromatic N) is 4. The molecule has 0 amide bonds. The number of rotatable bonds is 6. The molecule has 4 heterocycles. The Balaban J connectivity index is 1.36. The average Bonchev–Trinajstić information content (AvgIpc) is 3.37. The summed E-state index contributed by atoms with van der Waals surface area (Å²) in [5.74, 6) is 2.95. The highest BCUT2D eigenvalue weighted by Gasteiger charge is 2.25. The smallest absolute Gasteiger partial charge is 0.263 e. The Morgan fingerprint density at radius 3 is 3.08 bits per heavy atom. The molecule has 130 valence electrons. The zero-order valence-corrected chi connectivity index (χ0v) is 14.2. The van der Waals surface area contributed by atoms with Gasteiger partial charge in [-0.25, -0.2) is 4.98 Å². The number of furan rings is 1. The van der Waals surface area contributed by atoms with Gasteiger partial charge in [-0.15, -0.1) is 5.10 Å². The number of hydrogen-bond donors (Lipinski definition) is 1. The van der Waals surface area contributed by atoms with E-state index in [1.165, 1.54) is 6.42 Å². The fourth-order valence-electron chi connectivity index (χ4n) is 3.25. The summed E-state index contributed by atoms with van der Waals surface area (Å²) in [6.45, 7) is 4.49. The van der Waals surface area contributed by atoms with Crippen LogP contribution in [0.5, 0.6) is 0 Å². The third kappa shape index (κ3) is 3.41. The molecule has 0 saturated carbocycles. The van der Waals surface area contributed by atoms with Crippen LogP contribution in [0, 0.1) is 6.92 Å². The van der Waals surface area contributed by atoms with Crippen LogP contribution in [0.2, 0.25) is 0 Å². The van der Waals surface area contributed by atoms with Crippen molar-refractivity contribution in [1.29, 1.82) is 0 Å². The first-order valence-corrected chi connectivity index (χ1v) is 8.56. The molecule has 1 atom stereocenters. The first-order valence-electron chi connectivity index (χ1n) is 8.56. The number of aromatic nitrogens is 3. The standard InChI is InChI=1S/C18H21N5O2/c1-13-15(21-18(25-13)16-6-4-10-24-16)12-19-11-14-5-3-9-23(14)17-7-2-8-20-22-17/h2,4,6-8,10,14,19H,3,5,9,11-12H2,1H3. The summed E-state index contributed by atoms with van der Waals surface area (Å²) < 4.78 is 11.0. The maximum Gasteiger partial charge on any atom is 0.263 e. The van der Waals surface area contributed by atoms with Crippen molar-refractivity contribution in [1.82, 2.24) is 20.5 Å². The van der Waals surface area contributed by atoms with Crippen LogP contribution in [0.25, 0.3) is 11.7 Å². The number of aryl methyl sites for hydroxylation is 1. The molecule has 7 heteroatoms. The second-order valence-electron chi connectivity index (χ2n) is 6.20. The van der Waals surface area contributed by atoms with Gasteiger partial charge in [-0.2, -0.15) is 5.10 Å². The highest BCUT2D eigenvalue weighted by molar-refractivity contribution is 5.44. The van der Waals surface area contributed by atoms with Crippen molar-refractivity contribution in [3.63, 3.8) is 0 Å². The molecule has 1 N–H and O–H groups in total. The summed E-state index contributed by atoms with van der Waals surface area (Å²) >= 11 is 0. The van der Waals surface area contributed by atoms with Crippen LogP contribution in [0.4, 0.5) is 5.82 Å². The lowest BCUT2D eigenvalue weighted by molar-refractivity contribution is 0.498. The molecule has 3 aromatic rings. The third-order valence-electron chi connectivity index (χ3n) is 4.53. The molecule has 0 aliphatic carbocycles. The predicted octanol–water partition coefficient (Wildman–Crippen LogP) is 2.79. The Morgan fingerprint density at radius 1 is 1.32 bits per heavy atom. The van der Waals surface area contributed by atoms with Crippen LogP contribution in [-0.4, -0.2) is 34.3 Å². The third-order valence-corrected chi connectivity index (χ3v) is 4.53. The average molecular weight is 339 g/mol. The molecule has 0 bridgehead atoms. The minimum absolute atomic E-state index is 0.424. The highest BCUT2D eigenvalue weighted by Crippen LogP contribution is 2.24. The van der Waals surface area contributed by atoms with Gasteiger partial charge in [0.2, 0.25) is 0 Å². The van der Waals surface area contributed by atoms with Gasteiger partial charge in [0.1, 0.15) is 5.76 Å². The number of nitrogens with one attached hydrogen (secondary N) is 1.